The SMILES string of the molecule is Cc1cc(Oc2ccc(NC(=O)C3[C@H]4CCCC[C@@H]34)cc2)cc(C2CCNCC2)n1. The molecular formula is C25H31N3O2. The molecule has 5 rings (SSSR count). The maximum absolute atomic E-state index is 12.6. The van der Waals surface area contributed by atoms with E-state index in [1.807, 2.05) is 37.3 Å². The topological polar surface area (TPSA) is 63.2 Å². The summed E-state index contributed by atoms with van der Waals surface area (Å²) in [5.41, 5.74) is 2.95. The Labute approximate surface area is 178 Å². The van der Waals surface area contributed by atoms with Crippen molar-refractivity contribution in [2.45, 2.75) is 51.4 Å². The highest BCUT2D eigenvalue weighted by atomic mass is 16.5. The summed E-state index contributed by atoms with van der Waals surface area (Å²) in [5.74, 6) is 3.78. The van der Waals surface area contributed by atoms with Crippen LogP contribution in [0.1, 0.15) is 55.8 Å². The van der Waals surface area contributed by atoms with E-state index in [0.29, 0.717) is 17.8 Å². The Kier molecular flexibility index (Phi) is 5.47. The van der Waals surface area contributed by atoms with Gasteiger partial charge in [0.2, 0.25) is 5.91 Å². The van der Waals surface area contributed by atoms with Gasteiger partial charge in [-0.15, -0.1) is 0 Å². The predicted molar refractivity (Wildman–Crippen MR) is 118 cm³/mol. The lowest BCUT2D eigenvalue weighted by Crippen LogP contribution is -2.27. The number of ether oxygens (including phenoxy) is 1. The Morgan fingerprint density at radius 1 is 1.00 bits per heavy atom. The van der Waals surface area contributed by atoms with E-state index in [4.69, 9.17) is 9.72 Å². The maximum Gasteiger partial charge on any atom is 0.228 e. The highest BCUT2D eigenvalue weighted by molar-refractivity contribution is 5.94. The summed E-state index contributed by atoms with van der Waals surface area (Å²) in [7, 11) is 0. The van der Waals surface area contributed by atoms with Crippen LogP contribution in [0.5, 0.6) is 11.5 Å². The number of carbonyl (C=O) groups is 1. The second-order valence-corrected chi connectivity index (χ2v) is 9.15. The number of hydrogen-bond donors (Lipinski definition) is 2. The van der Waals surface area contributed by atoms with Crippen molar-refractivity contribution in [1.29, 1.82) is 0 Å². The molecule has 1 aliphatic heterocycles. The molecule has 1 amide bonds. The van der Waals surface area contributed by atoms with Gasteiger partial charge in [0.1, 0.15) is 11.5 Å². The zero-order valence-corrected chi connectivity index (χ0v) is 17.7. The largest absolute Gasteiger partial charge is 0.457 e. The lowest BCUT2D eigenvalue weighted by Gasteiger charge is -2.22. The quantitative estimate of drug-likeness (QED) is 0.733. The van der Waals surface area contributed by atoms with Crippen LogP contribution >= 0.6 is 0 Å². The second kappa shape index (κ2) is 8.38. The number of fused-ring (bicyclic) bond motifs is 1. The molecule has 2 N–H and O–H groups in total. The zero-order chi connectivity index (χ0) is 20.5. The van der Waals surface area contributed by atoms with E-state index in [0.717, 1.165) is 54.5 Å². The Balaban J connectivity index is 1.22. The number of anilines is 1. The van der Waals surface area contributed by atoms with Crippen molar-refractivity contribution in [1.82, 2.24) is 10.3 Å². The Morgan fingerprint density at radius 2 is 1.70 bits per heavy atom. The van der Waals surface area contributed by atoms with Crippen LogP contribution in [0.2, 0.25) is 0 Å². The molecule has 0 radical (unpaired) electrons. The van der Waals surface area contributed by atoms with Gasteiger partial charge >= 0.3 is 0 Å². The minimum atomic E-state index is 0.192. The molecule has 2 aromatic rings. The van der Waals surface area contributed by atoms with E-state index in [1.54, 1.807) is 0 Å². The van der Waals surface area contributed by atoms with Crippen LogP contribution < -0.4 is 15.4 Å². The van der Waals surface area contributed by atoms with Crippen LogP contribution in [-0.2, 0) is 4.79 Å². The van der Waals surface area contributed by atoms with Gasteiger partial charge in [0.25, 0.3) is 0 Å². The van der Waals surface area contributed by atoms with Gasteiger partial charge in [-0.25, -0.2) is 0 Å². The van der Waals surface area contributed by atoms with E-state index in [1.165, 1.54) is 25.7 Å². The summed E-state index contributed by atoms with van der Waals surface area (Å²) in [6.07, 6.45) is 7.25. The molecule has 3 atom stereocenters. The molecule has 1 saturated heterocycles. The Bertz CT molecular complexity index is 893. The van der Waals surface area contributed by atoms with Gasteiger partial charge in [0, 0.05) is 41.0 Å². The molecule has 2 aliphatic carbocycles. The Hall–Kier alpha value is -2.40. The molecule has 0 bridgehead atoms. The molecule has 5 nitrogen and oxygen atoms in total. The number of amides is 1. The monoisotopic (exact) mass is 405 g/mol. The van der Waals surface area contributed by atoms with Crippen molar-refractivity contribution in [2.24, 2.45) is 17.8 Å². The van der Waals surface area contributed by atoms with E-state index in [2.05, 4.69) is 16.7 Å². The number of carbonyl (C=O) groups excluding carboxylic acids is 1. The summed E-state index contributed by atoms with van der Waals surface area (Å²) < 4.78 is 6.12. The van der Waals surface area contributed by atoms with Gasteiger partial charge in [-0.2, -0.15) is 0 Å². The number of nitrogens with zero attached hydrogens (tertiary/aromatic N) is 1. The number of hydrogen-bond acceptors (Lipinski definition) is 4. The molecule has 5 heteroatoms. The third kappa shape index (κ3) is 4.22. The van der Waals surface area contributed by atoms with Crippen LogP contribution in [0.25, 0.3) is 0 Å². The number of rotatable bonds is 5. The van der Waals surface area contributed by atoms with Crippen LogP contribution in [0, 0.1) is 24.7 Å². The smallest absolute Gasteiger partial charge is 0.228 e. The molecule has 2 saturated carbocycles. The van der Waals surface area contributed by atoms with Crippen LogP contribution in [0.4, 0.5) is 5.69 Å². The number of aromatic nitrogens is 1. The van der Waals surface area contributed by atoms with Gasteiger partial charge in [-0.05, 0) is 81.8 Å². The van der Waals surface area contributed by atoms with Gasteiger partial charge in [-0.3, -0.25) is 9.78 Å². The van der Waals surface area contributed by atoms with Gasteiger partial charge in [0.05, 0.1) is 0 Å². The van der Waals surface area contributed by atoms with E-state index >= 15 is 0 Å². The summed E-state index contributed by atoms with van der Waals surface area (Å²) in [6, 6.07) is 11.8. The summed E-state index contributed by atoms with van der Waals surface area (Å²) in [5, 5.41) is 6.51. The van der Waals surface area contributed by atoms with E-state index in [-0.39, 0.29) is 11.8 Å². The minimum absolute atomic E-state index is 0.192. The third-order valence-corrected chi connectivity index (χ3v) is 7.02. The lowest BCUT2D eigenvalue weighted by molar-refractivity contribution is -0.117. The lowest BCUT2D eigenvalue weighted by atomic mass is 9.94. The fourth-order valence-electron chi connectivity index (χ4n) is 5.40. The van der Waals surface area contributed by atoms with Crippen molar-refractivity contribution in [3.63, 3.8) is 0 Å². The number of aryl methyl sites for hydroxylation is 1. The highest BCUT2D eigenvalue weighted by Gasteiger charge is 2.54. The van der Waals surface area contributed by atoms with Gasteiger partial charge in [-0.1, -0.05) is 12.8 Å². The molecule has 30 heavy (non-hydrogen) atoms. The molecule has 3 fully saturated rings. The molecule has 158 valence electrons. The molecule has 2 heterocycles. The van der Waals surface area contributed by atoms with Crippen molar-refractivity contribution in [3.05, 3.63) is 47.8 Å². The van der Waals surface area contributed by atoms with Crippen LogP contribution in [0.15, 0.2) is 36.4 Å². The molecule has 1 aromatic heterocycles. The van der Waals surface area contributed by atoms with E-state index in [9.17, 15) is 4.79 Å². The molecular weight excluding hydrogens is 374 g/mol. The van der Waals surface area contributed by atoms with Gasteiger partial charge < -0.3 is 15.4 Å². The maximum atomic E-state index is 12.6. The van der Waals surface area contributed by atoms with Crippen LogP contribution in [0.3, 0.4) is 0 Å². The summed E-state index contributed by atoms with van der Waals surface area (Å²) in [6.45, 7) is 4.11. The standard InChI is InChI=1S/C25H31N3O2/c1-16-14-20(15-23(27-16)17-10-12-26-13-11-17)30-19-8-6-18(7-9-19)28-25(29)24-21-4-2-3-5-22(21)24/h6-9,14-15,17,21-22,24,26H,2-5,10-13H2,1H3,(H,28,29)/t21-,22+,24?. The van der Waals surface area contributed by atoms with Crippen molar-refractivity contribution in [2.75, 3.05) is 18.4 Å². The van der Waals surface area contributed by atoms with Crippen molar-refractivity contribution >= 4 is 11.6 Å². The van der Waals surface area contributed by atoms with E-state index < -0.39 is 0 Å². The zero-order valence-electron chi connectivity index (χ0n) is 17.7. The van der Waals surface area contributed by atoms with Gasteiger partial charge in [0.15, 0.2) is 0 Å². The minimum Gasteiger partial charge on any atom is -0.457 e. The average molecular weight is 406 g/mol. The second-order valence-electron chi connectivity index (χ2n) is 9.15. The first-order valence-corrected chi connectivity index (χ1v) is 11.5. The number of piperidine rings is 1. The third-order valence-electron chi connectivity index (χ3n) is 7.02. The summed E-state index contributed by atoms with van der Waals surface area (Å²) in [4.78, 5) is 17.3. The first-order valence-electron chi connectivity index (χ1n) is 11.5. The fraction of sp³-hybridized carbons (Fsp3) is 0.520. The van der Waals surface area contributed by atoms with Crippen molar-refractivity contribution in [3.8, 4) is 11.5 Å². The molecule has 3 aliphatic rings. The number of pyridine rings is 1. The number of benzene rings is 1. The highest BCUT2D eigenvalue weighted by Crippen LogP contribution is 2.55. The normalized spacial score (nSPS) is 26.0. The first-order chi connectivity index (χ1) is 14.7. The fourth-order valence-corrected chi connectivity index (χ4v) is 5.40. The average Bonchev–Trinajstić information content (AvgIpc) is 3.50. The predicted octanol–water partition coefficient (Wildman–Crippen LogP) is 5.02. The number of nitrogens with one attached hydrogen (secondary N) is 2. The Morgan fingerprint density at radius 3 is 2.40 bits per heavy atom. The molecule has 1 unspecified atom stereocenters. The molecule has 0 spiro atoms. The molecule has 1 aromatic carbocycles. The van der Waals surface area contributed by atoms with Crippen LogP contribution in [-0.4, -0.2) is 24.0 Å². The first kappa shape index (κ1) is 19.6. The van der Waals surface area contributed by atoms with Crippen molar-refractivity contribution < 1.29 is 9.53 Å². The summed E-state index contributed by atoms with van der Waals surface area (Å²) >= 11 is 0.